The molecule has 3 aromatic rings. The molecule has 0 spiro atoms. The van der Waals surface area contributed by atoms with E-state index in [9.17, 15) is 9.90 Å². The Kier molecular flexibility index (Phi) is 4.24. The number of H-pyrrole nitrogens is 1. The number of amides is 1. The summed E-state index contributed by atoms with van der Waals surface area (Å²) in [5.74, 6) is 0.848. The summed E-state index contributed by atoms with van der Waals surface area (Å²) in [6, 6.07) is 9.80. The topological polar surface area (TPSA) is 87.0 Å². The van der Waals surface area contributed by atoms with E-state index in [1.54, 1.807) is 4.90 Å². The number of carbonyl (C=O) groups excluding carboxylic acids is 1. The second-order valence-corrected chi connectivity index (χ2v) is 7.11. The van der Waals surface area contributed by atoms with Gasteiger partial charge < -0.3 is 14.6 Å². The molecule has 0 radical (unpaired) electrons. The Morgan fingerprint density at radius 1 is 1.31 bits per heavy atom. The first-order chi connectivity index (χ1) is 12.5. The number of para-hydroxylation sites is 2. The molecular formula is C19H23N5O2. The van der Waals surface area contributed by atoms with Crippen molar-refractivity contribution in [3.05, 3.63) is 47.5 Å². The highest BCUT2D eigenvalue weighted by Crippen LogP contribution is 2.22. The Morgan fingerprint density at radius 2 is 2.12 bits per heavy atom. The first-order valence-electron chi connectivity index (χ1n) is 8.90. The molecule has 4 rings (SSSR count). The maximum absolute atomic E-state index is 12.8. The second kappa shape index (κ2) is 6.57. The monoisotopic (exact) mass is 353 g/mol. The third kappa shape index (κ3) is 3.10. The molecule has 1 fully saturated rings. The van der Waals surface area contributed by atoms with Gasteiger partial charge in [0.1, 0.15) is 12.4 Å². The number of aromatic nitrogens is 4. The van der Waals surface area contributed by atoms with E-state index in [1.807, 2.05) is 48.7 Å². The summed E-state index contributed by atoms with van der Waals surface area (Å²) in [4.78, 5) is 19.1. The molecule has 0 saturated carbocycles. The molecule has 7 nitrogen and oxygen atoms in total. The van der Waals surface area contributed by atoms with E-state index >= 15 is 0 Å². The van der Waals surface area contributed by atoms with Crippen LogP contribution in [0.2, 0.25) is 0 Å². The van der Waals surface area contributed by atoms with Crippen LogP contribution in [0.1, 0.15) is 17.2 Å². The average molecular weight is 353 g/mol. The molecule has 0 aliphatic carbocycles. The third-order valence-corrected chi connectivity index (χ3v) is 5.13. The Balaban J connectivity index is 1.46. The largest absolute Gasteiger partial charge is 0.391 e. The second-order valence-electron chi connectivity index (χ2n) is 7.11. The maximum atomic E-state index is 12.8. The van der Waals surface area contributed by atoms with E-state index in [2.05, 4.69) is 15.2 Å². The fourth-order valence-corrected chi connectivity index (χ4v) is 3.74. The lowest BCUT2D eigenvalue weighted by Crippen LogP contribution is -2.33. The smallest absolute Gasteiger partial charge is 0.242 e. The first kappa shape index (κ1) is 16.8. The standard InChI is InChI=1S/C19H23N5O2/c1-12-7-15(22-21-12)8-14-9-23(10-18(14)25)19(26)11-24-13(2)20-16-5-3-4-6-17(16)24/h3-7,14,18,25H,8-11H2,1-2H3,(H,21,22)/t14-,18+/m1/s1. The summed E-state index contributed by atoms with van der Waals surface area (Å²) in [7, 11) is 0. The van der Waals surface area contributed by atoms with Crippen LogP contribution in [-0.2, 0) is 17.8 Å². The molecular weight excluding hydrogens is 330 g/mol. The van der Waals surface area contributed by atoms with Crippen molar-refractivity contribution in [3.63, 3.8) is 0 Å². The van der Waals surface area contributed by atoms with Gasteiger partial charge >= 0.3 is 0 Å². The van der Waals surface area contributed by atoms with Crippen molar-refractivity contribution in [1.82, 2.24) is 24.6 Å². The van der Waals surface area contributed by atoms with Gasteiger partial charge in [-0.05, 0) is 38.5 Å². The van der Waals surface area contributed by atoms with Crippen LogP contribution >= 0.6 is 0 Å². The van der Waals surface area contributed by atoms with Gasteiger partial charge in [-0.3, -0.25) is 9.89 Å². The number of aliphatic hydroxyl groups excluding tert-OH is 1. The van der Waals surface area contributed by atoms with Gasteiger partial charge in [-0.15, -0.1) is 0 Å². The van der Waals surface area contributed by atoms with Crippen LogP contribution in [0.15, 0.2) is 30.3 Å². The van der Waals surface area contributed by atoms with Gasteiger partial charge in [0.2, 0.25) is 5.91 Å². The van der Waals surface area contributed by atoms with Crippen LogP contribution in [0.25, 0.3) is 11.0 Å². The number of imidazole rings is 1. The van der Waals surface area contributed by atoms with E-state index in [1.165, 1.54) is 0 Å². The molecule has 1 saturated heterocycles. The summed E-state index contributed by atoms with van der Waals surface area (Å²) < 4.78 is 1.94. The fraction of sp³-hybridized carbons (Fsp3) is 0.421. The van der Waals surface area contributed by atoms with Crippen molar-refractivity contribution < 1.29 is 9.90 Å². The SMILES string of the molecule is Cc1cc(C[C@@H]2CN(C(=O)Cn3c(C)nc4ccccc43)C[C@@H]2O)n[nH]1. The molecule has 136 valence electrons. The third-order valence-electron chi connectivity index (χ3n) is 5.13. The minimum atomic E-state index is -0.517. The number of benzene rings is 1. The molecule has 1 aliphatic rings. The molecule has 26 heavy (non-hydrogen) atoms. The highest BCUT2D eigenvalue weighted by molar-refractivity contribution is 5.81. The van der Waals surface area contributed by atoms with Gasteiger partial charge in [0.15, 0.2) is 0 Å². The molecule has 3 heterocycles. The number of nitrogens with zero attached hydrogens (tertiary/aromatic N) is 4. The quantitative estimate of drug-likeness (QED) is 0.743. The van der Waals surface area contributed by atoms with E-state index in [4.69, 9.17) is 0 Å². The number of hydrogen-bond acceptors (Lipinski definition) is 4. The zero-order chi connectivity index (χ0) is 18.3. The number of hydrogen-bond donors (Lipinski definition) is 2. The predicted molar refractivity (Wildman–Crippen MR) is 97.6 cm³/mol. The molecule has 7 heteroatoms. The lowest BCUT2D eigenvalue weighted by Gasteiger charge is -2.17. The lowest BCUT2D eigenvalue weighted by molar-refractivity contribution is -0.131. The number of nitrogens with one attached hydrogen (secondary N) is 1. The Morgan fingerprint density at radius 3 is 2.88 bits per heavy atom. The number of aromatic amines is 1. The van der Waals surface area contributed by atoms with E-state index in [-0.39, 0.29) is 18.4 Å². The number of aliphatic hydroxyl groups is 1. The Labute approximate surface area is 151 Å². The van der Waals surface area contributed by atoms with Crippen molar-refractivity contribution in [1.29, 1.82) is 0 Å². The molecule has 0 unspecified atom stereocenters. The molecule has 1 aliphatic heterocycles. The van der Waals surface area contributed by atoms with E-state index < -0.39 is 6.10 Å². The van der Waals surface area contributed by atoms with Crippen molar-refractivity contribution in [3.8, 4) is 0 Å². The van der Waals surface area contributed by atoms with Gasteiger partial charge in [0.25, 0.3) is 0 Å². The number of fused-ring (bicyclic) bond motifs is 1. The van der Waals surface area contributed by atoms with Crippen molar-refractivity contribution in [2.75, 3.05) is 13.1 Å². The zero-order valence-corrected chi connectivity index (χ0v) is 15.0. The number of carbonyl (C=O) groups is 1. The van der Waals surface area contributed by atoms with Crippen LogP contribution in [0.4, 0.5) is 0 Å². The Hall–Kier alpha value is -2.67. The van der Waals surface area contributed by atoms with E-state index in [0.29, 0.717) is 19.5 Å². The normalized spacial score (nSPS) is 20.2. The summed E-state index contributed by atoms with van der Waals surface area (Å²) in [6.07, 6.45) is 0.152. The number of rotatable bonds is 4. The molecule has 0 bridgehead atoms. The Bertz CT molecular complexity index is 944. The van der Waals surface area contributed by atoms with Gasteiger partial charge in [0, 0.05) is 24.7 Å². The number of likely N-dealkylation sites (tertiary alicyclic amines) is 1. The van der Waals surface area contributed by atoms with Gasteiger partial charge in [-0.25, -0.2) is 4.98 Å². The van der Waals surface area contributed by atoms with Crippen LogP contribution in [0.5, 0.6) is 0 Å². The average Bonchev–Trinajstić information content (AvgIpc) is 3.27. The van der Waals surface area contributed by atoms with Crippen molar-refractivity contribution in [2.24, 2.45) is 5.92 Å². The minimum absolute atomic E-state index is 0.0102. The highest BCUT2D eigenvalue weighted by atomic mass is 16.3. The molecule has 2 aromatic heterocycles. The number of aryl methyl sites for hydroxylation is 2. The lowest BCUT2D eigenvalue weighted by atomic mass is 10.0. The zero-order valence-electron chi connectivity index (χ0n) is 15.0. The van der Waals surface area contributed by atoms with Gasteiger partial charge in [-0.2, -0.15) is 5.10 Å². The van der Waals surface area contributed by atoms with Crippen LogP contribution in [0.3, 0.4) is 0 Å². The maximum Gasteiger partial charge on any atom is 0.242 e. The molecule has 1 aromatic carbocycles. The van der Waals surface area contributed by atoms with Crippen molar-refractivity contribution in [2.45, 2.75) is 32.9 Å². The van der Waals surface area contributed by atoms with Gasteiger partial charge in [0.05, 0.1) is 22.8 Å². The van der Waals surface area contributed by atoms with Gasteiger partial charge in [-0.1, -0.05) is 12.1 Å². The molecule has 2 N–H and O–H groups in total. The van der Waals surface area contributed by atoms with Crippen LogP contribution < -0.4 is 0 Å². The fourth-order valence-electron chi connectivity index (χ4n) is 3.74. The summed E-state index contributed by atoms with van der Waals surface area (Å²) >= 11 is 0. The van der Waals surface area contributed by atoms with E-state index in [0.717, 1.165) is 28.2 Å². The summed E-state index contributed by atoms with van der Waals surface area (Å²) in [6.45, 7) is 5.04. The van der Waals surface area contributed by atoms with Crippen LogP contribution in [0, 0.1) is 19.8 Å². The molecule has 2 atom stereocenters. The molecule has 1 amide bonds. The summed E-state index contributed by atoms with van der Waals surface area (Å²) in [5.41, 5.74) is 3.79. The number of β-amino-alcohol motifs (C(OH)–C–C–N with tert-alkyl or cyclic N) is 1. The highest BCUT2D eigenvalue weighted by Gasteiger charge is 2.34. The van der Waals surface area contributed by atoms with Crippen LogP contribution in [-0.4, -0.2) is 54.9 Å². The minimum Gasteiger partial charge on any atom is -0.391 e. The first-order valence-corrected chi connectivity index (χ1v) is 8.90. The van der Waals surface area contributed by atoms with Crippen molar-refractivity contribution >= 4 is 16.9 Å². The predicted octanol–water partition coefficient (Wildman–Crippen LogP) is 1.44. The summed E-state index contributed by atoms with van der Waals surface area (Å²) in [5, 5.41) is 17.5.